The van der Waals surface area contributed by atoms with E-state index in [-0.39, 0.29) is 17.9 Å². The zero-order chi connectivity index (χ0) is 20.1. The maximum Gasteiger partial charge on any atom is 0.253 e. The molecule has 2 aromatic carbocycles. The number of rotatable bonds is 6. The van der Waals surface area contributed by atoms with E-state index in [4.69, 9.17) is 4.74 Å². The number of carbonyl (C=O) groups excluding carboxylic acids is 2. The highest BCUT2D eigenvalue weighted by Crippen LogP contribution is 2.26. The Morgan fingerprint density at radius 3 is 2.62 bits per heavy atom. The SMILES string of the molecule is O=C(N[C@@H](c1ccccc1)c1cccs1)c1cccc(NC(=O)[C@@H]2CCCO2)c1. The first kappa shape index (κ1) is 19.4. The lowest BCUT2D eigenvalue weighted by Gasteiger charge is -2.18. The first-order valence-corrected chi connectivity index (χ1v) is 10.5. The summed E-state index contributed by atoms with van der Waals surface area (Å²) < 4.78 is 5.42. The van der Waals surface area contributed by atoms with Crippen LogP contribution in [0, 0.1) is 0 Å². The minimum Gasteiger partial charge on any atom is -0.368 e. The molecule has 1 aliphatic heterocycles. The summed E-state index contributed by atoms with van der Waals surface area (Å²) >= 11 is 1.60. The quantitative estimate of drug-likeness (QED) is 0.638. The van der Waals surface area contributed by atoms with Gasteiger partial charge in [0.2, 0.25) is 0 Å². The molecular weight excluding hydrogens is 384 g/mol. The molecule has 0 radical (unpaired) electrons. The summed E-state index contributed by atoms with van der Waals surface area (Å²) in [6.07, 6.45) is 1.21. The van der Waals surface area contributed by atoms with Crippen LogP contribution in [0.3, 0.4) is 0 Å². The van der Waals surface area contributed by atoms with Crippen LogP contribution in [0.1, 0.15) is 39.7 Å². The van der Waals surface area contributed by atoms with E-state index in [2.05, 4.69) is 10.6 Å². The van der Waals surface area contributed by atoms with Crippen molar-refractivity contribution in [1.82, 2.24) is 5.32 Å². The second-order valence-electron chi connectivity index (χ2n) is 6.90. The predicted molar refractivity (Wildman–Crippen MR) is 114 cm³/mol. The highest BCUT2D eigenvalue weighted by Gasteiger charge is 2.24. The van der Waals surface area contributed by atoms with Gasteiger partial charge in [0.15, 0.2) is 0 Å². The monoisotopic (exact) mass is 406 g/mol. The fourth-order valence-corrected chi connectivity index (χ4v) is 4.18. The molecule has 1 fully saturated rings. The van der Waals surface area contributed by atoms with Crippen LogP contribution >= 0.6 is 11.3 Å². The van der Waals surface area contributed by atoms with Crippen LogP contribution in [0.2, 0.25) is 0 Å². The standard InChI is InChI=1S/C23H22N2O3S/c26-22(25-21(20-12-6-14-29-20)16-7-2-1-3-8-16)17-9-4-10-18(15-17)24-23(27)19-11-5-13-28-19/h1-4,6-10,12,14-15,19,21H,5,11,13H2,(H,24,27)(H,25,26)/t19-,21-/m0/s1. The lowest BCUT2D eigenvalue weighted by Crippen LogP contribution is -2.29. The Kier molecular flexibility index (Phi) is 6.03. The van der Waals surface area contributed by atoms with Crippen molar-refractivity contribution >= 4 is 28.8 Å². The average Bonchev–Trinajstić information content (AvgIpc) is 3.47. The molecule has 5 nitrogen and oxygen atoms in total. The third-order valence-electron chi connectivity index (χ3n) is 4.85. The molecule has 0 aliphatic carbocycles. The molecular formula is C23H22N2O3S. The van der Waals surface area contributed by atoms with Gasteiger partial charge in [-0.3, -0.25) is 9.59 Å². The Morgan fingerprint density at radius 2 is 1.90 bits per heavy atom. The molecule has 0 saturated carbocycles. The molecule has 0 unspecified atom stereocenters. The third-order valence-corrected chi connectivity index (χ3v) is 5.79. The third kappa shape index (κ3) is 4.72. The van der Waals surface area contributed by atoms with Crippen molar-refractivity contribution in [2.75, 3.05) is 11.9 Å². The van der Waals surface area contributed by atoms with E-state index in [1.807, 2.05) is 47.8 Å². The number of benzene rings is 2. The van der Waals surface area contributed by atoms with Crippen LogP contribution in [-0.4, -0.2) is 24.5 Å². The Hall–Kier alpha value is -2.96. The van der Waals surface area contributed by atoms with Crippen LogP contribution in [0.5, 0.6) is 0 Å². The highest BCUT2D eigenvalue weighted by molar-refractivity contribution is 7.10. The van der Waals surface area contributed by atoms with Gasteiger partial charge in [-0.25, -0.2) is 0 Å². The predicted octanol–water partition coefficient (Wildman–Crippen LogP) is 4.39. The average molecular weight is 407 g/mol. The van der Waals surface area contributed by atoms with Crippen LogP contribution in [0.4, 0.5) is 5.69 Å². The van der Waals surface area contributed by atoms with Crippen LogP contribution in [0.25, 0.3) is 0 Å². The number of thiophene rings is 1. The number of carbonyl (C=O) groups is 2. The normalized spacial score (nSPS) is 16.9. The topological polar surface area (TPSA) is 67.4 Å². The molecule has 0 bridgehead atoms. The second kappa shape index (κ2) is 9.03. The largest absolute Gasteiger partial charge is 0.368 e. The Bertz CT molecular complexity index is 967. The molecule has 1 saturated heterocycles. The number of nitrogens with one attached hydrogen (secondary N) is 2. The van der Waals surface area contributed by atoms with E-state index in [0.29, 0.717) is 17.9 Å². The van der Waals surface area contributed by atoms with Gasteiger partial charge in [0.1, 0.15) is 6.10 Å². The van der Waals surface area contributed by atoms with E-state index in [1.54, 1.807) is 35.6 Å². The van der Waals surface area contributed by atoms with E-state index in [0.717, 1.165) is 23.3 Å². The Balaban J connectivity index is 1.50. The number of anilines is 1. The van der Waals surface area contributed by atoms with E-state index in [9.17, 15) is 9.59 Å². The van der Waals surface area contributed by atoms with Crippen molar-refractivity contribution in [3.8, 4) is 0 Å². The van der Waals surface area contributed by atoms with Gasteiger partial charge >= 0.3 is 0 Å². The van der Waals surface area contributed by atoms with Gasteiger partial charge < -0.3 is 15.4 Å². The molecule has 4 rings (SSSR count). The first-order valence-electron chi connectivity index (χ1n) is 9.62. The fourth-order valence-electron chi connectivity index (χ4n) is 3.38. The fraction of sp³-hybridized carbons (Fsp3) is 0.217. The summed E-state index contributed by atoms with van der Waals surface area (Å²) in [5.41, 5.74) is 2.10. The Morgan fingerprint density at radius 1 is 1.03 bits per heavy atom. The van der Waals surface area contributed by atoms with Crippen molar-refractivity contribution in [2.24, 2.45) is 0 Å². The van der Waals surface area contributed by atoms with Crippen LogP contribution in [0.15, 0.2) is 72.1 Å². The molecule has 2 atom stereocenters. The molecule has 3 aromatic rings. The molecule has 6 heteroatoms. The summed E-state index contributed by atoms with van der Waals surface area (Å²) in [5, 5.41) is 7.97. The minimum atomic E-state index is -0.409. The van der Waals surface area contributed by atoms with Gasteiger partial charge in [0.25, 0.3) is 11.8 Å². The maximum absolute atomic E-state index is 13.0. The van der Waals surface area contributed by atoms with Gasteiger partial charge in [-0.15, -0.1) is 11.3 Å². The Labute approximate surface area is 173 Å². The number of hydrogen-bond donors (Lipinski definition) is 2. The summed E-state index contributed by atoms with van der Waals surface area (Å²) in [6, 6.07) is 20.6. The molecule has 148 valence electrons. The molecule has 2 N–H and O–H groups in total. The van der Waals surface area contributed by atoms with Gasteiger partial charge in [0, 0.05) is 22.7 Å². The summed E-state index contributed by atoms with van der Waals surface area (Å²) in [4.78, 5) is 26.3. The minimum absolute atomic E-state index is 0.166. The molecule has 0 spiro atoms. The lowest BCUT2D eigenvalue weighted by molar-refractivity contribution is -0.124. The number of ether oxygens (including phenoxy) is 1. The van der Waals surface area contributed by atoms with Crippen LogP contribution < -0.4 is 10.6 Å². The summed E-state index contributed by atoms with van der Waals surface area (Å²) in [6.45, 7) is 0.615. The lowest BCUT2D eigenvalue weighted by atomic mass is 10.0. The van der Waals surface area contributed by atoms with Crippen LogP contribution in [-0.2, 0) is 9.53 Å². The van der Waals surface area contributed by atoms with E-state index in [1.165, 1.54) is 0 Å². The highest BCUT2D eigenvalue weighted by atomic mass is 32.1. The first-order chi connectivity index (χ1) is 14.2. The molecule has 2 amide bonds. The smallest absolute Gasteiger partial charge is 0.253 e. The van der Waals surface area contributed by atoms with E-state index >= 15 is 0 Å². The zero-order valence-electron chi connectivity index (χ0n) is 15.8. The second-order valence-corrected chi connectivity index (χ2v) is 7.88. The van der Waals surface area contributed by atoms with Crippen molar-refractivity contribution in [2.45, 2.75) is 25.0 Å². The van der Waals surface area contributed by atoms with Crippen molar-refractivity contribution < 1.29 is 14.3 Å². The number of hydrogen-bond acceptors (Lipinski definition) is 4. The van der Waals surface area contributed by atoms with E-state index < -0.39 is 6.10 Å². The van der Waals surface area contributed by atoms with Gasteiger partial charge in [0.05, 0.1) is 6.04 Å². The molecule has 29 heavy (non-hydrogen) atoms. The van der Waals surface area contributed by atoms with Crippen molar-refractivity contribution in [3.63, 3.8) is 0 Å². The van der Waals surface area contributed by atoms with Crippen molar-refractivity contribution in [1.29, 1.82) is 0 Å². The van der Waals surface area contributed by atoms with Gasteiger partial charge in [-0.05, 0) is 48.1 Å². The molecule has 1 aromatic heterocycles. The zero-order valence-corrected chi connectivity index (χ0v) is 16.7. The number of amides is 2. The molecule has 1 aliphatic rings. The van der Waals surface area contributed by atoms with Gasteiger partial charge in [-0.1, -0.05) is 42.5 Å². The summed E-state index contributed by atoms with van der Waals surface area (Å²) in [7, 11) is 0. The van der Waals surface area contributed by atoms with Gasteiger partial charge in [-0.2, -0.15) is 0 Å². The summed E-state index contributed by atoms with van der Waals surface area (Å²) in [5.74, 6) is -0.360. The van der Waals surface area contributed by atoms with Crippen molar-refractivity contribution in [3.05, 3.63) is 88.1 Å². The molecule has 2 heterocycles. The maximum atomic E-state index is 13.0.